The van der Waals surface area contributed by atoms with Gasteiger partial charge in [0.25, 0.3) is 0 Å². The number of ether oxygens (including phenoxy) is 1. The third-order valence-electron chi connectivity index (χ3n) is 2.98. The number of thiophene rings is 1. The number of hydrazine groups is 1. The average molecular weight is 278 g/mol. The maximum atomic E-state index is 6.05. The highest BCUT2D eigenvalue weighted by Gasteiger charge is 2.28. The van der Waals surface area contributed by atoms with Crippen LogP contribution in [-0.2, 0) is 0 Å². The van der Waals surface area contributed by atoms with Gasteiger partial charge in [0.15, 0.2) is 0 Å². The molecule has 2 heterocycles. The molecular formula is C13H14N2OS2. The Morgan fingerprint density at radius 1 is 1.33 bits per heavy atom. The third kappa shape index (κ3) is 2.27. The zero-order chi connectivity index (χ0) is 12.4. The largest absolute Gasteiger partial charge is 0.486 e. The van der Waals surface area contributed by atoms with Crippen LogP contribution in [0.4, 0.5) is 0 Å². The van der Waals surface area contributed by atoms with Gasteiger partial charge >= 0.3 is 0 Å². The van der Waals surface area contributed by atoms with Gasteiger partial charge in [0, 0.05) is 10.6 Å². The molecule has 2 unspecified atom stereocenters. The Hall–Kier alpha value is -1.01. The number of hydrogen-bond acceptors (Lipinski definition) is 5. The minimum absolute atomic E-state index is 0.0390. The van der Waals surface area contributed by atoms with Crippen molar-refractivity contribution in [1.82, 2.24) is 5.43 Å². The van der Waals surface area contributed by atoms with E-state index in [1.54, 1.807) is 11.3 Å². The van der Waals surface area contributed by atoms with Gasteiger partial charge in [0.2, 0.25) is 0 Å². The average Bonchev–Trinajstić information content (AvgIpc) is 2.93. The van der Waals surface area contributed by atoms with Crippen molar-refractivity contribution >= 4 is 23.1 Å². The van der Waals surface area contributed by atoms with Crippen molar-refractivity contribution in [2.45, 2.75) is 17.0 Å². The second-order valence-electron chi connectivity index (χ2n) is 4.12. The molecule has 3 N–H and O–H groups in total. The van der Waals surface area contributed by atoms with Crippen molar-refractivity contribution < 1.29 is 4.74 Å². The molecule has 1 aromatic heterocycles. The van der Waals surface area contributed by atoms with Crippen LogP contribution in [-0.4, -0.2) is 11.9 Å². The Morgan fingerprint density at radius 2 is 2.22 bits per heavy atom. The first kappa shape index (κ1) is 12.0. The first-order valence-electron chi connectivity index (χ1n) is 5.75. The molecule has 0 fully saturated rings. The lowest BCUT2D eigenvalue weighted by atomic mass is 10.1. The van der Waals surface area contributed by atoms with E-state index in [-0.39, 0.29) is 12.1 Å². The van der Waals surface area contributed by atoms with Gasteiger partial charge in [-0.05, 0) is 34.5 Å². The summed E-state index contributed by atoms with van der Waals surface area (Å²) < 4.78 is 6.05. The zero-order valence-corrected chi connectivity index (χ0v) is 11.3. The summed E-state index contributed by atoms with van der Waals surface area (Å²) in [5.74, 6) is 7.54. The predicted octanol–water partition coefficient (Wildman–Crippen LogP) is 2.81. The van der Waals surface area contributed by atoms with Crippen LogP contribution < -0.4 is 16.0 Å². The van der Waals surface area contributed by atoms with Crippen LogP contribution in [0, 0.1) is 0 Å². The summed E-state index contributed by atoms with van der Waals surface area (Å²) in [6, 6.07) is 10.3. The summed E-state index contributed by atoms with van der Waals surface area (Å²) >= 11 is 3.50. The lowest BCUT2D eigenvalue weighted by molar-refractivity contribution is 0.167. The van der Waals surface area contributed by atoms with E-state index in [0.29, 0.717) is 0 Å². The lowest BCUT2D eigenvalue weighted by Crippen LogP contribution is -2.41. The summed E-state index contributed by atoms with van der Waals surface area (Å²) in [6.07, 6.45) is 0.0597. The summed E-state index contributed by atoms with van der Waals surface area (Å²) in [6.45, 7) is 0. The third-order valence-corrected chi connectivity index (χ3v) is 4.83. The molecular weight excluding hydrogens is 264 g/mol. The van der Waals surface area contributed by atoms with Crippen molar-refractivity contribution in [3.63, 3.8) is 0 Å². The van der Waals surface area contributed by atoms with E-state index in [0.717, 1.165) is 11.5 Å². The van der Waals surface area contributed by atoms with Gasteiger partial charge in [-0.3, -0.25) is 5.84 Å². The van der Waals surface area contributed by atoms with Gasteiger partial charge in [-0.1, -0.05) is 12.1 Å². The van der Waals surface area contributed by atoms with Gasteiger partial charge < -0.3 is 4.74 Å². The predicted molar refractivity (Wildman–Crippen MR) is 76.0 cm³/mol. The molecule has 1 aliphatic heterocycles. The van der Waals surface area contributed by atoms with Crippen LogP contribution >= 0.6 is 23.1 Å². The molecule has 2 aromatic rings. The molecule has 0 saturated heterocycles. The second-order valence-corrected chi connectivity index (χ2v) is 5.96. The first-order chi connectivity index (χ1) is 8.88. The Balaban J connectivity index is 1.82. The van der Waals surface area contributed by atoms with Gasteiger partial charge in [0.1, 0.15) is 11.9 Å². The number of nitrogens with two attached hydrogens (primary N) is 1. The van der Waals surface area contributed by atoms with E-state index in [1.807, 2.05) is 30.0 Å². The van der Waals surface area contributed by atoms with Crippen LogP contribution in [0.3, 0.4) is 0 Å². The highest BCUT2D eigenvalue weighted by molar-refractivity contribution is 7.99. The van der Waals surface area contributed by atoms with E-state index >= 15 is 0 Å². The van der Waals surface area contributed by atoms with E-state index in [2.05, 4.69) is 28.3 Å². The van der Waals surface area contributed by atoms with Gasteiger partial charge in [-0.15, -0.1) is 11.8 Å². The molecule has 0 spiro atoms. The highest BCUT2D eigenvalue weighted by Crippen LogP contribution is 2.38. The number of para-hydroxylation sites is 1. The fourth-order valence-electron chi connectivity index (χ4n) is 2.07. The number of benzene rings is 1. The van der Waals surface area contributed by atoms with Crippen molar-refractivity contribution in [2.24, 2.45) is 5.84 Å². The molecule has 5 heteroatoms. The Kier molecular flexibility index (Phi) is 3.56. The molecule has 0 amide bonds. The fourth-order valence-corrected chi connectivity index (χ4v) is 3.80. The molecule has 1 aromatic carbocycles. The van der Waals surface area contributed by atoms with Crippen LogP contribution in [0.2, 0.25) is 0 Å². The van der Waals surface area contributed by atoms with E-state index in [9.17, 15) is 0 Å². The summed E-state index contributed by atoms with van der Waals surface area (Å²) in [7, 11) is 0. The smallest absolute Gasteiger partial charge is 0.133 e. The topological polar surface area (TPSA) is 47.3 Å². The quantitative estimate of drug-likeness (QED) is 0.669. The zero-order valence-electron chi connectivity index (χ0n) is 9.71. The van der Waals surface area contributed by atoms with E-state index < -0.39 is 0 Å². The van der Waals surface area contributed by atoms with Crippen LogP contribution in [0.25, 0.3) is 0 Å². The minimum Gasteiger partial charge on any atom is -0.486 e. The summed E-state index contributed by atoms with van der Waals surface area (Å²) in [4.78, 5) is 1.20. The highest BCUT2D eigenvalue weighted by atomic mass is 32.2. The number of fused-ring (bicyclic) bond motifs is 1. The molecule has 0 saturated carbocycles. The molecule has 3 rings (SSSR count). The molecule has 2 atom stereocenters. The Bertz CT molecular complexity index is 515. The molecule has 3 nitrogen and oxygen atoms in total. The fraction of sp³-hybridized carbons (Fsp3) is 0.231. The van der Waals surface area contributed by atoms with Crippen molar-refractivity contribution in [3.8, 4) is 5.75 Å². The normalized spacial score (nSPS) is 19.9. The maximum Gasteiger partial charge on any atom is 0.133 e. The molecule has 0 aliphatic carbocycles. The van der Waals surface area contributed by atoms with E-state index in [1.165, 1.54) is 10.5 Å². The minimum atomic E-state index is 0.0390. The second kappa shape index (κ2) is 5.32. The number of thioether (sulfide) groups is 1. The van der Waals surface area contributed by atoms with Crippen LogP contribution in [0.15, 0.2) is 46.0 Å². The van der Waals surface area contributed by atoms with Crippen molar-refractivity contribution in [2.75, 3.05) is 5.75 Å². The molecule has 0 bridgehead atoms. The van der Waals surface area contributed by atoms with Crippen LogP contribution in [0.5, 0.6) is 5.75 Å². The molecule has 1 aliphatic rings. The van der Waals surface area contributed by atoms with E-state index in [4.69, 9.17) is 10.6 Å². The molecule has 0 radical (unpaired) electrons. The lowest BCUT2D eigenvalue weighted by Gasteiger charge is -2.31. The van der Waals surface area contributed by atoms with Crippen LogP contribution in [0.1, 0.15) is 11.6 Å². The Labute approximate surface area is 114 Å². The number of rotatable bonds is 3. The first-order valence-corrected chi connectivity index (χ1v) is 7.68. The van der Waals surface area contributed by atoms with Gasteiger partial charge in [-0.25, -0.2) is 5.43 Å². The van der Waals surface area contributed by atoms with Gasteiger partial charge in [0.05, 0.1) is 6.04 Å². The summed E-state index contributed by atoms with van der Waals surface area (Å²) in [5, 5.41) is 4.17. The Morgan fingerprint density at radius 3 is 3.00 bits per heavy atom. The molecule has 18 heavy (non-hydrogen) atoms. The monoisotopic (exact) mass is 278 g/mol. The standard InChI is InChI=1S/C13H14N2OS2/c14-15-13(9-5-6-17-7-9)11-8-18-12-4-2-1-3-10(12)16-11/h1-7,11,13,15H,8,14H2. The molecule has 94 valence electrons. The summed E-state index contributed by atoms with van der Waals surface area (Å²) in [5.41, 5.74) is 4.06. The van der Waals surface area contributed by atoms with Gasteiger partial charge in [-0.2, -0.15) is 11.3 Å². The SMILES string of the molecule is NNC(c1ccsc1)C1CSc2ccccc2O1. The maximum absolute atomic E-state index is 6.05. The number of nitrogens with one attached hydrogen (secondary N) is 1. The number of hydrogen-bond donors (Lipinski definition) is 2. The van der Waals surface area contributed by atoms with Crippen molar-refractivity contribution in [1.29, 1.82) is 0 Å². The van der Waals surface area contributed by atoms with Crippen molar-refractivity contribution in [3.05, 3.63) is 46.7 Å².